The maximum atomic E-state index is 13.8. The Morgan fingerprint density at radius 3 is 2.29 bits per heavy atom. The second kappa shape index (κ2) is 7.58. The van der Waals surface area contributed by atoms with Gasteiger partial charge in [0.1, 0.15) is 4.90 Å². The highest BCUT2D eigenvalue weighted by Gasteiger charge is 2.27. The summed E-state index contributed by atoms with van der Waals surface area (Å²) in [7, 11) is -1.23. The maximum absolute atomic E-state index is 13.8. The Kier molecular flexibility index (Phi) is 6.14. The van der Waals surface area contributed by atoms with Crippen LogP contribution >= 0.6 is 39.1 Å². The minimum absolute atomic E-state index is 0.00198. The number of benzene rings is 2. The molecule has 0 radical (unpaired) electrons. The second-order valence-corrected chi connectivity index (χ2v) is 8.64. The fraction of sp³-hybridized carbons (Fsp3) is 0.200. The van der Waals surface area contributed by atoms with E-state index >= 15 is 0 Å². The lowest BCUT2D eigenvalue weighted by molar-refractivity contribution is 0.385. The second-order valence-electron chi connectivity index (χ2n) is 4.93. The molecule has 24 heavy (non-hydrogen) atoms. The first kappa shape index (κ1) is 19.5. The van der Waals surface area contributed by atoms with Crippen LogP contribution in [0, 0.1) is 5.82 Å². The molecule has 0 saturated heterocycles. The van der Waals surface area contributed by atoms with Crippen LogP contribution in [-0.2, 0) is 16.6 Å². The van der Waals surface area contributed by atoms with Crippen LogP contribution < -0.4 is 4.74 Å². The third kappa shape index (κ3) is 4.03. The number of ether oxygens (including phenoxy) is 1. The van der Waals surface area contributed by atoms with Gasteiger partial charge in [0.05, 0.1) is 17.2 Å². The predicted octanol–water partition coefficient (Wildman–Crippen LogP) is 4.72. The third-order valence-corrected chi connectivity index (χ3v) is 6.44. The monoisotopic (exact) mass is 455 g/mol. The van der Waals surface area contributed by atoms with E-state index in [4.69, 9.17) is 27.9 Å². The van der Waals surface area contributed by atoms with Gasteiger partial charge >= 0.3 is 0 Å². The first-order valence-electron chi connectivity index (χ1n) is 6.60. The number of nitrogens with zero attached hydrogens (tertiary/aromatic N) is 1. The molecule has 9 heteroatoms. The molecule has 0 aliphatic rings. The minimum atomic E-state index is -3.95. The lowest BCUT2D eigenvalue weighted by Crippen LogP contribution is -2.27. The summed E-state index contributed by atoms with van der Waals surface area (Å²) in [5, 5.41) is 0.00396. The number of hydrogen-bond acceptors (Lipinski definition) is 3. The molecule has 4 nitrogen and oxygen atoms in total. The number of methoxy groups -OCH3 is 1. The van der Waals surface area contributed by atoms with Gasteiger partial charge in [0.25, 0.3) is 0 Å². The van der Waals surface area contributed by atoms with Crippen molar-refractivity contribution in [1.82, 2.24) is 4.31 Å². The summed E-state index contributed by atoms with van der Waals surface area (Å²) >= 11 is 15.3. The quantitative estimate of drug-likeness (QED) is 0.653. The highest BCUT2D eigenvalue weighted by Crippen LogP contribution is 2.34. The molecule has 0 amide bonds. The van der Waals surface area contributed by atoms with Crippen molar-refractivity contribution in [3.63, 3.8) is 0 Å². The van der Waals surface area contributed by atoms with Gasteiger partial charge in [0.15, 0.2) is 11.6 Å². The molecule has 2 rings (SSSR count). The van der Waals surface area contributed by atoms with Crippen molar-refractivity contribution in [3.8, 4) is 5.75 Å². The van der Waals surface area contributed by atoms with E-state index in [9.17, 15) is 12.8 Å². The normalized spacial score (nSPS) is 11.8. The van der Waals surface area contributed by atoms with E-state index < -0.39 is 15.8 Å². The standard InChI is InChI=1S/C15H13BrCl2FNO3S/c1-20(8-9-3-4-14(23-2)13(19)5-9)24(21,22)15-11(17)6-10(16)7-12(15)18/h3-7H,8H2,1-2H3. The largest absolute Gasteiger partial charge is 0.494 e. The Morgan fingerprint density at radius 1 is 1.21 bits per heavy atom. The van der Waals surface area contributed by atoms with Gasteiger partial charge in [-0.25, -0.2) is 12.8 Å². The van der Waals surface area contributed by atoms with Crippen LogP contribution in [0.3, 0.4) is 0 Å². The summed E-state index contributed by atoms with van der Waals surface area (Å²) in [5.74, 6) is -0.483. The molecular formula is C15H13BrCl2FNO3S. The van der Waals surface area contributed by atoms with E-state index in [1.54, 1.807) is 6.07 Å². The summed E-state index contributed by atoms with van der Waals surface area (Å²) in [4.78, 5) is -0.189. The van der Waals surface area contributed by atoms with E-state index in [2.05, 4.69) is 15.9 Å². The SMILES string of the molecule is COc1ccc(CN(C)S(=O)(=O)c2c(Cl)cc(Br)cc2Cl)cc1F. The van der Waals surface area contributed by atoms with Crippen LogP contribution in [-0.4, -0.2) is 26.9 Å². The van der Waals surface area contributed by atoms with Crippen molar-refractivity contribution in [1.29, 1.82) is 0 Å². The first-order valence-corrected chi connectivity index (χ1v) is 9.59. The van der Waals surface area contributed by atoms with Gasteiger partial charge in [0.2, 0.25) is 10.0 Å². The zero-order valence-corrected chi connectivity index (χ0v) is 16.6. The van der Waals surface area contributed by atoms with Gasteiger partial charge < -0.3 is 4.74 Å². The summed E-state index contributed by atoms with van der Waals surface area (Å²) < 4.78 is 45.6. The highest BCUT2D eigenvalue weighted by molar-refractivity contribution is 9.10. The number of rotatable bonds is 5. The number of halogens is 4. The molecule has 0 bridgehead atoms. The van der Waals surface area contributed by atoms with Crippen LogP contribution in [0.5, 0.6) is 5.75 Å². The van der Waals surface area contributed by atoms with E-state index in [0.29, 0.717) is 10.0 Å². The van der Waals surface area contributed by atoms with Crippen molar-refractivity contribution in [2.75, 3.05) is 14.2 Å². The van der Waals surface area contributed by atoms with Crippen LogP contribution in [0.4, 0.5) is 4.39 Å². The molecule has 130 valence electrons. The van der Waals surface area contributed by atoms with Gasteiger partial charge in [-0.05, 0) is 29.8 Å². The molecule has 0 aliphatic carbocycles. The van der Waals surface area contributed by atoms with Gasteiger partial charge in [-0.3, -0.25) is 0 Å². The van der Waals surface area contributed by atoms with Crippen LogP contribution in [0.25, 0.3) is 0 Å². The zero-order chi connectivity index (χ0) is 18.1. The summed E-state index contributed by atoms with van der Waals surface area (Å²) in [6.07, 6.45) is 0. The van der Waals surface area contributed by atoms with Crippen molar-refractivity contribution in [2.45, 2.75) is 11.4 Å². The van der Waals surface area contributed by atoms with Gasteiger partial charge in [-0.1, -0.05) is 45.2 Å². The Labute approximate surface area is 158 Å². The van der Waals surface area contributed by atoms with Crippen LogP contribution in [0.15, 0.2) is 39.7 Å². The molecule has 0 heterocycles. The third-order valence-electron chi connectivity index (χ3n) is 3.25. The van der Waals surface area contributed by atoms with Gasteiger partial charge in [-0.2, -0.15) is 4.31 Å². The Bertz CT molecular complexity index is 854. The number of sulfonamides is 1. The Balaban J connectivity index is 2.35. The molecule has 2 aromatic rings. The minimum Gasteiger partial charge on any atom is -0.494 e. The molecule has 0 atom stereocenters. The van der Waals surface area contributed by atoms with Gasteiger partial charge in [-0.15, -0.1) is 0 Å². The number of hydrogen-bond donors (Lipinski definition) is 0. The maximum Gasteiger partial charge on any atom is 0.246 e. The molecule has 0 N–H and O–H groups in total. The Morgan fingerprint density at radius 2 is 1.79 bits per heavy atom. The molecule has 0 aliphatic heterocycles. The van der Waals surface area contributed by atoms with Crippen molar-refractivity contribution in [2.24, 2.45) is 0 Å². The van der Waals surface area contributed by atoms with Crippen LogP contribution in [0.1, 0.15) is 5.56 Å². The molecular weight excluding hydrogens is 444 g/mol. The zero-order valence-electron chi connectivity index (χ0n) is 12.7. The summed E-state index contributed by atoms with van der Waals surface area (Å²) in [5.41, 5.74) is 0.462. The van der Waals surface area contributed by atoms with Crippen LogP contribution in [0.2, 0.25) is 10.0 Å². The van der Waals surface area contributed by atoms with E-state index in [-0.39, 0.29) is 27.2 Å². The molecule has 0 spiro atoms. The average molecular weight is 457 g/mol. The van der Waals surface area contributed by atoms with E-state index in [1.807, 2.05) is 0 Å². The topological polar surface area (TPSA) is 46.6 Å². The van der Waals surface area contributed by atoms with E-state index in [1.165, 1.54) is 38.4 Å². The Hall–Kier alpha value is -0.860. The average Bonchev–Trinajstić information content (AvgIpc) is 2.45. The van der Waals surface area contributed by atoms with Crippen molar-refractivity contribution < 1.29 is 17.5 Å². The van der Waals surface area contributed by atoms with Gasteiger partial charge in [0, 0.05) is 18.1 Å². The molecule has 0 saturated carbocycles. The lowest BCUT2D eigenvalue weighted by atomic mass is 10.2. The molecule has 0 fully saturated rings. The highest BCUT2D eigenvalue weighted by atomic mass is 79.9. The van der Waals surface area contributed by atoms with Crippen molar-refractivity contribution in [3.05, 3.63) is 56.2 Å². The predicted molar refractivity (Wildman–Crippen MR) is 95.8 cm³/mol. The lowest BCUT2D eigenvalue weighted by Gasteiger charge is -2.19. The fourth-order valence-electron chi connectivity index (χ4n) is 2.08. The fourth-order valence-corrected chi connectivity index (χ4v) is 5.12. The molecule has 0 unspecified atom stereocenters. The molecule has 2 aromatic carbocycles. The summed E-state index contributed by atoms with van der Waals surface area (Å²) in [6.45, 7) is -0.0496. The van der Waals surface area contributed by atoms with Crippen molar-refractivity contribution >= 4 is 49.2 Å². The molecule has 0 aromatic heterocycles. The smallest absolute Gasteiger partial charge is 0.246 e. The summed E-state index contributed by atoms with van der Waals surface area (Å²) in [6, 6.07) is 7.13. The van der Waals surface area contributed by atoms with E-state index in [0.717, 1.165) is 4.31 Å². The first-order chi connectivity index (χ1) is 11.2.